The summed E-state index contributed by atoms with van der Waals surface area (Å²) in [7, 11) is 2.06. The van der Waals surface area contributed by atoms with E-state index < -0.39 is 0 Å². The van der Waals surface area contributed by atoms with Crippen LogP contribution in [-0.2, 0) is 4.79 Å². The Balaban J connectivity index is 1.95. The van der Waals surface area contributed by atoms with Gasteiger partial charge in [0.15, 0.2) is 0 Å². The average molecular weight is 290 g/mol. The van der Waals surface area contributed by atoms with E-state index in [1.807, 2.05) is 4.90 Å². The maximum absolute atomic E-state index is 12.3. The summed E-state index contributed by atoms with van der Waals surface area (Å²) in [4.78, 5) is 27.9. The van der Waals surface area contributed by atoms with Crippen LogP contribution in [0.3, 0.4) is 0 Å². The molecule has 2 rings (SSSR count). The smallest absolute Gasteiger partial charge is 0.253 e. The maximum atomic E-state index is 12.3. The number of nitrogens with two attached hydrogens (primary N) is 1. The molecule has 1 aliphatic rings. The fourth-order valence-electron chi connectivity index (χ4n) is 2.24. The first-order valence-electron chi connectivity index (χ1n) is 7.18. The minimum absolute atomic E-state index is 0.0444. The number of likely N-dealkylation sites (N-methyl/N-ethyl adjacent to an activating group) is 1. The molecular weight excluding hydrogens is 268 g/mol. The van der Waals surface area contributed by atoms with Crippen LogP contribution in [0.1, 0.15) is 16.8 Å². The number of benzene rings is 1. The number of amides is 2. The fourth-order valence-corrected chi connectivity index (χ4v) is 2.24. The Morgan fingerprint density at radius 3 is 2.33 bits per heavy atom. The van der Waals surface area contributed by atoms with Gasteiger partial charge in [-0.3, -0.25) is 9.59 Å². The first-order valence-corrected chi connectivity index (χ1v) is 7.18. The molecule has 0 spiro atoms. The summed E-state index contributed by atoms with van der Waals surface area (Å²) in [5.74, 6) is -0.0708. The topological polar surface area (TPSA) is 78.7 Å². The Hall–Kier alpha value is -1.92. The molecule has 6 heteroatoms. The van der Waals surface area contributed by atoms with E-state index in [2.05, 4.69) is 17.3 Å². The highest BCUT2D eigenvalue weighted by molar-refractivity contribution is 5.95. The lowest BCUT2D eigenvalue weighted by atomic mass is 10.1. The lowest BCUT2D eigenvalue weighted by Gasteiger charge is -2.32. The summed E-state index contributed by atoms with van der Waals surface area (Å²) in [5, 5.41) is 2.74. The molecule has 0 unspecified atom stereocenters. The summed E-state index contributed by atoms with van der Waals surface area (Å²) >= 11 is 0. The first-order chi connectivity index (χ1) is 10.1. The van der Waals surface area contributed by atoms with Gasteiger partial charge in [-0.2, -0.15) is 0 Å². The van der Waals surface area contributed by atoms with Gasteiger partial charge in [0, 0.05) is 50.4 Å². The highest BCUT2D eigenvalue weighted by Crippen LogP contribution is 2.13. The molecule has 2 amide bonds. The van der Waals surface area contributed by atoms with Gasteiger partial charge in [0.1, 0.15) is 0 Å². The number of rotatable bonds is 4. The van der Waals surface area contributed by atoms with Crippen LogP contribution in [0.2, 0.25) is 0 Å². The Morgan fingerprint density at radius 1 is 1.14 bits per heavy atom. The molecule has 21 heavy (non-hydrogen) atoms. The molecule has 3 N–H and O–H groups in total. The van der Waals surface area contributed by atoms with Crippen molar-refractivity contribution in [3.8, 4) is 0 Å². The van der Waals surface area contributed by atoms with Crippen LogP contribution in [0.15, 0.2) is 24.3 Å². The van der Waals surface area contributed by atoms with Crippen molar-refractivity contribution < 1.29 is 9.59 Å². The predicted octanol–water partition coefficient (Wildman–Crippen LogP) is 0.362. The number of hydrogen-bond donors (Lipinski definition) is 2. The highest BCUT2D eigenvalue weighted by Gasteiger charge is 2.20. The molecule has 1 aromatic rings. The number of nitrogens with one attached hydrogen (secondary N) is 1. The third-order valence-corrected chi connectivity index (χ3v) is 3.58. The molecule has 1 aromatic carbocycles. The van der Waals surface area contributed by atoms with Crippen molar-refractivity contribution in [1.82, 2.24) is 9.80 Å². The number of carbonyl (C=O) groups excluding carboxylic acids is 2. The third-order valence-electron chi connectivity index (χ3n) is 3.58. The molecule has 1 aliphatic heterocycles. The summed E-state index contributed by atoms with van der Waals surface area (Å²) < 4.78 is 0. The Kier molecular flexibility index (Phi) is 5.30. The van der Waals surface area contributed by atoms with Crippen molar-refractivity contribution in [3.63, 3.8) is 0 Å². The summed E-state index contributed by atoms with van der Waals surface area (Å²) in [6.07, 6.45) is 0.294. The third kappa shape index (κ3) is 4.27. The van der Waals surface area contributed by atoms with E-state index in [4.69, 9.17) is 5.73 Å². The second-order valence-electron chi connectivity index (χ2n) is 5.26. The molecule has 114 valence electrons. The van der Waals surface area contributed by atoms with Crippen molar-refractivity contribution >= 4 is 17.5 Å². The second kappa shape index (κ2) is 7.19. The number of piperazine rings is 1. The first kappa shape index (κ1) is 15.5. The van der Waals surface area contributed by atoms with Crippen LogP contribution < -0.4 is 11.1 Å². The molecular formula is C15H22N4O2. The summed E-state index contributed by atoms with van der Waals surface area (Å²) in [5.41, 5.74) is 6.66. The van der Waals surface area contributed by atoms with Crippen molar-refractivity contribution in [3.05, 3.63) is 29.8 Å². The molecule has 1 fully saturated rings. The lowest BCUT2D eigenvalue weighted by Crippen LogP contribution is -2.47. The Morgan fingerprint density at radius 2 is 1.76 bits per heavy atom. The molecule has 0 saturated carbocycles. The van der Waals surface area contributed by atoms with Gasteiger partial charge in [-0.05, 0) is 31.3 Å². The normalized spacial score (nSPS) is 15.8. The van der Waals surface area contributed by atoms with Gasteiger partial charge in [0.2, 0.25) is 5.91 Å². The molecule has 0 atom stereocenters. The zero-order chi connectivity index (χ0) is 15.2. The van der Waals surface area contributed by atoms with Crippen LogP contribution >= 0.6 is 0 Å². The van der Waals surface area contributed by atoms with Gasteiger partial charge >= 0.3 is 0 Å². The van der Waals surface area contributed by atoms with E-state index in [1.165, 1.54) is 0 Å². The monoisotopic (exact) mass is 290 g/mol. The van der Waals surface area contributed by atoms with Crippen LogP contribution in [0.5, 0.6) is 0 Å². The molecule has 1 saturated heterocycles. The van der Waals surface area contributed by atoms with E-state index in [-0.39, 0.29) is 11.8 Å². The van der Waals surface area contributed by atoms with Gasteiger partial charge < -0.3 is 20.9 Å². The zero-order valence-electron chi connectivity index (χ0n) is 12.3. The molecule has 6 nitrogen and oxygen atoms in total. The largest absolute Gasteiger partial charge is 0.336 e. The Labute approximate surface area is 124 Å². The lowest BCUT2D eigenvalue weighted by molar-refractivity contribution is -0.116. The van der Waals surface area contributed by atoms with Crippen LogP contribution in [0, 0.1) is 0 Å². The predicted molar refractivity (Wildman–Crippen MR) is 82.1 cm³/mol. The van der Waals surface area contributed by atoms with E-state index in [0.717, 1.165) is 26.2 Å². The molecule has 1 heterocycles. The second-order valence-corrected chi connectivity index (χ2v) is 5.26. The van der Waals surface area contributed by atoms with Crippen LogP contribution in [-0.4, -0.2) is 61.4 Å². The standard InChI is InChI=1S/C15H22N4O2/c1-18-8-10-19(11-9-18)15(21)12-2-4-13(5-3-12)17-14(20)6-7-16/h2-5H,6-11,16H2,1H3,(H,17,20). The summed E-state index contributed by atoms with van der Waals surface area (Å²) in [6.45, 7) is 3.64. The Bertz CT molecular complexity index is 493. The van der Waals surface area contributed by atoms with Gasteiger partial charge in [-0.15, -0.1) is 0 Å². The average Bonchev–Trinajstić information content (AvgIpc) is 2.48. The van der Waals surface area contributed by atoms with Gasteiger partial charge in [0.25, 0.3) is 5.91 Å². The van der Waals surface area contributed by atoms with Crippen molar-refractivity contribution in [2.45, 2.75) is 6.42 Å². The van der Waals surface area contributed by atoms with Crippen molar-refractivity contribution in [2.24, 2.45) is 5.73 Å². The van der Waals surface area contributed by atoms with Crippen molar-refractivity contribution in [1.29, 1.82) is 0 Å². The van der Waals surface area contributed by atoms with Crippen molar-refractivity contribution in [2.75, 3.05) is 45.1 Å². The van der Waals surface area contributed by atoms with E-state index in [0.29, 0.717) is 24.2 Å². The number of carbonyl (C=O) groups is 2. The molecule has 0 aromatic heterocycles. The summed E-state index contributed by atoms with van der Waals surface area (Å²) in [6, 6.07) is 6.99. The van der Waals surface area contributed by atoms with Crippen LogP contribution in [0.25, 0.3) is 0 Å². The zero-order valence-corrected chi connectivity index (χ0v) is 12.3. The van der Waals surface area contributed by atoms with Gasteiger partial charge in [-0.25, -0.2) is 0 Å². The van der Waals surface area contributed by atoms with E-state index in [1.54, 1.807) is 24.3 Å². The number of nitrogens with zero attached hydrogens (tertiary/aromatic N) is 2. The quantitative estimate of drug-likeness (QED) is 0.839. The van der Waals surface area contributed by atoms with Gasteiger partial charge in [-0.1, -0.05) is 0 Å². The molecule has 0 bridgehead atoms. The highest BCUT2D eigenvalue weighted by atomic mass is 16.2. The minimum atomic E-state index is -0.115. The maximum Gasteiger partial charge on any atom is 0.253 e. The fraction of sp³-hybridized carbons (Fsp3) is 0.467. The SMILES string of the molecule is CN1CCN(C(=O)c2ccc(NC(=O)CCN)cc2)CC1. The number of hydrogen-bond acceptors (Lipinski definition) is 4. The van der Waals surface area contributed by atoms with E-state index >= 15 is 0 Å². The van der Waals surface area contributed by atoms with Gasteiger partial charge in [0.05, 0.1) is 0 Å². The molecule has 0 aliphatic carbocycles. The molecule has 0 radical (unpaired) electrons. The minimum Gasteiger partial charge on any atom is -0.336 e. The van der Waals surface area contributed by atoms with E-state index in [9.17, 15) is 9.59 Å². The van der Waals surface area contributed by atoms with Crippen LogP contribution in [0.4, 0.5) is 5.69 Å². The number of anilines is 1.